The lowest BCUT2D eigenvalue weighted by Gasteiger charge is -2.20. The summed E-state index contributed by atoms with van der Waals surface area (Å²) in [5.41, 5.74) is 3.40. The van der Waals surface area contributed by atoms with E-state index in [0.29, 0.717) is 50.5 Å². The summed E-state index contributed by atoms with van der Waals surface area (Å²) in [4.78, 5) is 53.2. The van der Waals surface area contributed by atoms with Crippen LogP contribution in [0.1, 0.15) is 41.5 Å². The average molecular weight is 650 g/mol. The normalized spacial score (nSPS) is 10.9. The quantitative estimate of drug-likeness (QED) is 0.155. The van der Waals surface area contributed by atoms with Crippen molar-refractivity contribution in [1.29, 1.82) is 0 Å². The van der Waals surface area contributed by atoms with Crippen LogP contribution in [0.4, 0.5) is 33.5 Å². The van der Waals surface area contributed by atoms with E-state index in [1.807, 2.05) is 12.1 Å². The fraction of sp³-hybridized carbons (Fsp3) is 0.143. The summed E-state index contributed by atoms with van der Waals surface area (Å²) in [5.74, 6) is -0.387. The molecule has 5 aromatic rings. The topological polar surface area (TPSA) is 138 Å². The van der Waals surface area contributed by atoms with Gasteiger partial charge in [0.05, 0.1) is 27.8 Å². The molecule has 0 saturated carbocycles. The fourth-order valence-corrected chi connectivity index (χ4v) is 4.58. The first-order valence-corrected chi connectivity index (χ1v) is 14.9. The smallest absolute Gasteiger partial charge is 0.412 e. The molecule has 5 rings (SSSR count). The van der Waals surface area contributed by atoms with Crippen molar-refractivity contribution < 1.29 is 19.1 Å². The van der Waals surface area contributed by atoms with Crippen molar-refractivity contribution in [2.24, 2.45) is 0 Å². The van der Waals surface area contributed by atoms with Crippen molar-refractivity contribution in [3.8, 4) is 11.3 Å². The van der Waals surface area contributed by atoms with Crippen molar-refractivity contribution in [2.75, 3.05) is 27.9 Å². The molecular weight excluding hydrogens is 618 g/mol. The lowest BCUT2D eigenvalue weighted by molar-refractivity contribution is 0.0635. The summed E-state index contributed by atoms with van der Waals surface area (Å²) in [5, 5.41) is 9.01. The predicted octanol–water partition coefficient (Wildman–Crippen LogP) is 7.81. The van der Waals surface area contributed by atoms with Gasteiger partial charge in [0.2, 0.25) is 5.95 Å². The van der Waals surface area contributed by atoms with Crippen LogP contribution in [-0.2, 0) is 4.74 Å². The Hall–Kier alpha value is -5.81. The van der Waals surface area contributed by atoms with E-state index in [0.717, 1.165) is 5.56 Å². The van der Waals surface area contributed by atoms with Crippen LogP contribution in [0.15, 0.2) is 104 Å². The zero-order valence-corrected chi connectivity index (χ0v) is 26.9. The molecule has 0 spiro atoms. The second-order valence-electron chi connectivity index (χ2n) is 11.4. The van der Waals surface area contributed by atoms with Gasteiger partial charge in [-0.15, -0.1) is 0 Å². The van der Waals surface area contributed by atoms with Crippen LogP contribution in [0.3, 0.4) is 0 Å². The second kappa shape index (κ2) is 14.1. The molecule has 0 unspecified atom stereocenters. The number of para-hydroxylation sites is 2. The number of carbonyl (C=O) groups is 3. The molecule has 3 amide bonds. The molecule has 238 valence electrons. The maximum Gasteiger partial charge on any atom is 0.412 e. The Kier molecular flexibility index (Phi) is 9.77. The van der Waals surface area contributed by atoms with Gasteiger partial charge >= 0.3 is 6.09 Å². The van der Waals surface area contributed by atoms with Crippen LogP contribution in [-0.4, -0.2) is 45.5 Å². The summed E-state index contributed by atoms with van der Waals surface area (Å²) in [6, 6.07) is 23.7. The first-order chi connectivity index (χ1) is 22.5. The molecule has 3 aromatic carbocycles. The van der Waals surface area contributed by atoms with Crippen LogP contribution in [0.25, 0.3) is 11.3 Å². The predicted molar refractivity (Wildman–Crippen MR) is 183 cm³/mol. The van der Waals surface area contributed by atoms with E-state index in [9.17, 15) is 14.4 Å². The maximum absolute atomic E-state index is 13.4. The SMILES string of the molecule is CN(C(=O)c1ccc(C(=O)Nc2ccccc2NC(=O)OC(C)(C)C)cc1)c1ccc(Cl)c(Nc2nccc(-c3cccnc3)n2)c1. The average Bonchev–Trinajstić information content (AvgIpc) is 3.05. The Morgan fingerprint density at radius 3 is 2.19 bits per heavy atom. The van der Waals surface area contributed by atoms with Gasteiger partial charge in [0.15, 0.2) is 0 Å². The minimum absolute atomic E-state index is 0.299. The zero-order chi connectivity index (χ0) is 33.6. The van der Waals surface area contributed by atoms with Gasteiger partial charge in [0.25, 0.3) is 11.8 Å². The summed E-state index contributed by atoms with van der Waals surface area (Å²) < 4.78 is 5.32. The molecule has 3 N–H and O–H groups in total. The molecule has 0 atom stereocenters. The monoisotopic (exact) mass is 649 g/mol. The number of hydrogen-bond acceptors (Lipinski definition) is 8. The molecule has 47 heavy (non-hydrogen) atoms. The van der Waals surface area contributed by atoms with E-state index in [4.69, 9.17) is 16.3 Å². The van der Waals surface area contributed by atoms with Crippen molar-refractivity contribution in [3.05, 3.63) is 120 Å². The summed E-state index contributed by atoms with van der Waals surface area (Å²) >= 11 is 6.47. The molecular formula is C35H32ClN7O4. The van der Waals surface area contributed by atoms with E-state index >= 15 is 0 Å². The first kappa shape index (κ1) is 32.6. The van der Waals surface area contributed by atoms with Gasteiger partial charge in [0, 0.05) is 48.0 Å². The van der Waals surface area contributed by atoms with Gasteiger partial charge in [0.1, 0.15) is 5.60 Å². The third-order valence-electron chi connectivity index (χ3n) is 6.71. The highest BCUT2D eigenvalue weighted by Gasteiger charge is 2.19. The van der Waals surface area contributed by atoms with Crippen molar-refractivity contribution in [2.45, 2.75) is 26.4 Å². The number of benzene rings is 3. The molecule has 11 nitrogen and oxygen atoms in total. The molecule has 2 aromatic heterocycles. The molecule has 0 aliphatic carbocycles. The lowest BCUT2D eigenvalue weighted by Crippen LogP contribution is -2.27. The van der Waals surface area contributed by atoms with Crippen LogP contribution >= 0.6 is 11.6 Å². The number of halogens is 1. The molecule has 0 bridgehead atoms. The molecule has 0 aliphatic rings. The number of pyridine rings is 1. The Balaban J connectivity index is 1.26. The highest BCUT2D eigenvalue weighted by Crippen LogP contribution is 2.30. The van der Waals surface area contributed by atoms with Crippen LogP contribution in [0.2, 0.25) is 5.02 Å². The third kappa shape index (κ3) is 8.47. The van der Waals surface area contributed by atoms with E-state index < -0.39 is 17.6 Å². The zero-order valence-electron chi connectivity index (χ0n) is 26.1. The number of rotatable bonds is 8. The highest BCUT2D eigenvalue weighted by molar-refractivity contribution is 6.33. The van der Waals surface area contributed by atoms with E-state index in [2.05, 4.69) is 30.9 Å². The number of nitrogens with one attached hydrogen (secondary N) is 3. The van der Waals surface area contributed by atoms with Gasteiger partial charge in [-0.05, 0) is 93.6 Å². The number of amides is 3. The summed E-state index contributed by atoms with van der Waals surface area (Å²) in [7, 11) is 1.64. The van der Waals surface area contributed by atoms with E-state index in [1.54, 1.807) is 119 Å². The lowest BCUT2D eigenvalue weighted by atomic mass is 10.1. The van der Waals surface area contributed by atoms with Gasteiger partial charge < -0.3 is 20.3 Å². The standard InChI is InChI=1S/C35H32ClN7O4/c1-35(2,3)47-34(46)42-29-10-6-5-9-28(29)39-31(44)22-11-13-23(14-12-22)32(45)43(4)25-15-16-26(36)30(20-25)41-33-38-19-17-27(40-33)24-8-7-18-37-21-24/h5-21H,1-4H3,(H,39,44)(H,42,46)(H,38,40,41). The number of nitrogens with zero attached hydrogens (tertiary/aromatic N) is 4. The summed E-state index contributed by atoms with van der Waals surface area (Å²) in [6.45, 7) is 5.28. The highest BCUT2D eigenvalue weighted by atomic mass is 35.5. The van der Waals surface area contributed by atoms with Gasteiger partial charge in [-0.25, -0.2) is 14.8 Å². The minimum Gasteiger partial charge on any atom is -0.444 e. The number of carbonyl (C=O) groups excluding carboxylic acids is 3. The molecule has 0 saturated heterocycles. The Morgan fingerprint density at radius 1 is 0.809 bits per heavy atom. The number of aromatic nitrogens is 3. The van der Waals surface area contributed by atoms with E-state index in [1.165, 1.54) is 4.90 Å². The fourth-order valence-electron chi connectivity index (χ4n) is 4.42. The number of ether oxygens (including phenoxy) is 1. The Labute approximate surface area is 277 Å². The summed E-state index contributed by atoms with van der Waals surface area (Å²) in [6.07, 6.45) is 4.39. The van der Waals surface area contributed by atoms with Crippen molar-refractivity contribution >= 4 is 58.2 Å². The number of anilines is 5. The third-order valence-corrected chi connectivity index (χ3v) is 7.04. The first-order valence-electron chi connectivity index (χ1n) is 14.6. The molecule has 2 heterocycles. The van der Waals surface area contributed by atoms with Crippen molar-refractivity contribution in [3.63, 3.8) is 0 Å². The van der Waals surface area contributed by atoms with Crippen LogP contribution in [0, 0.1) is 0 Å². The molecule has 0 fully saturated rings. The van der Waals surface area contributed by atoms with Gasteiger partial charge in [-0.2, -0.15) is 0 Å². The van der Waals surface area contributed by atoms with Crippen molar-refractivity contribution in [1.82, 2.24) is 15.0 Å². The Bertz CT molecular complexity index is 1910. The Morgan fingerprint density at radius 2 is 1.51 bits per heavy atom. The molecule has 12 heteroatoms. The maximum atomic E-state index is 13.4. The van der Waals surface area contributed by atoms with Crippen LogP contribution < -0.4 is 20.9 Å². The molecule has 0 aliphatic heterocycles. The second-order valence-corrected chi connectivity index (χ2v) is 11.8. The van der Waals surface area contributed by atoms with Gasteiger partial charge in [-0.1, -0.05) is 23.7 Å². The van der Waals surface area contributed by atoms with Gasteiger partial charge in [-0.3, -0.25) is 19.9 Å². The minimum atomic E-state index is -0.676. The van der Waals surface area contributed by atoms with E-state index in [-0.39, 0.29) is 5.91 Å². The molecule has 0 radical (unpaired) electrons. The van der Waals surface area contributed by atoms with Crippen LogP contribution in [0.5, 0.6) is 0 Å². The number of hydrogen-bond donors (Lipinski definition) is 3. The largest absolute Gasteiger partial charge is 0.444 e.